The van der Waals surface area contributed by atoms with E-state index in [0.29, 0.717) is 17.2 Å². The number of rotatable bonds is 5. The number of carbonyl (C=O) groups excluding carboxylic acids is 1. The molecule has 1 fully saturated rings. The van der Waals surface area contributed by atoms with E-state index in [9.17, 15) is 14.9 Å². The molecule has 1 atom stereocenters. The summed E-state index contributed by atoms with van der Waals surface area (Å²) in [6.07, 6.45) is 2.89. The molecule has 0 radical (unpaired) electrons. The zero-order valence-corrected chi connectivity index (χ0v) is 14.0. The third-order valence-corrected chi connectivity index (χ3v) is 4.55. The molecule has 6 heteroatoms. The first-order valence-electron chi connectivity index (χ1n) is 8.26. The maximum atomic E-state index is 12.2. The standard InChI is InChI=1S/C17H25N3O3/c1-4-13(3)18-17(21)14-5-6-15(16(11-14)20(22)23)19-9-7-12(2)8-10-19/h5-6,11-13H,4,7-10H2,1-3H3,(H,18,21)/t13-/m0/s1. The second kappa shape index (κ2) is 7.44. The summed E-state index contributed by atoms with van der Waals surface area (Å²) in [6.45, 7) is 7.73. The van der Waals surface area contributed by atoms with Crippen molar-refractivity contribution in [3.63, 3.8) is 0 Å². The highest BCUT2D eigenvalue weighted by atomic mass is 16.6. The molecule has 1 amide bonds. The Morgan fingerprint density at radius 1 is 1.43 bits per heavy atom. The van der Waals surface area contributed by atoms with Crippen molar-refractivity contribution in [1.29, 1.82) is 0 Å². The summed E-state index contributed by atoms with van der Waals surface area (Å²) in [5.74, 6) is 0.396. The Bertz CT molecular complexity index is 580. The molecule has 0 aromatic heterocycles. The number of benzene rings is 1. The molecule has 2 rings (SSSR count). The second-order valence-corrected chi connectivity index (χ2v) is 6.41. The highest BCUT2D eigenvalue weighted by Crippen LogP contribution is 2.32. The van der Waals surface area contributed by atoms with Gasteiger partial charge in [-0.1, -0.05) is 13.8 Å². The van der Waals surface area contributed by atoms with Crippen molar-refractivity contribution in [3.05, 3.63) is 33.9 Å². The molecule has 23 heavy (non-hydrogen) atoms. The zero-order valence-electron chi connectivity index (χ0n) is 14.0. The van der Waals surface area contributed by atoms with Crippen molar-refractivity contribution < 1.29 is 9.72 Å². The first-order chi connectivity index (χ1) is 10.9. The number of nitro benzene ring substituents is 1. The van der Waals surface area contributed by atoms with Gasteiger partial charge in [0.05, 0.1) is 4.92 Å². The molecule has 1 N–H and O–H groups in total. The van der Waals surface area contributed by atoms with E-state index in [-0.39, 0.29) is 17.6 Å². The van der Waals surface area contributed by atoms with Gasteiger partial charge < -0.3 is 10.2 Å². The SMILES string of the molecule is CC[C@H](C)NC(=O)c1ccc(N2CCC(C)CC2)c([N+](=O)[O-])c1. The Labute approximate surface area is 137 Å². The molecule has 1 aromatic rings. The fraction of sp³-hybridized carbons (Fsp3) is 0.588. The van der Waals surface area contributed by atoms with Crippen LogP contribution in [0.3, 0.4) is 0 Å². The van der Waals surface area contributed by atoms with E-state index in [1.807, 2.05) is 13.8 Å². The number of hydrogen-bond acceptors (Lipinski definition) is 4. The van der Waals surface area contributed by atoms with Gasteiger partial charge in [0.25, 0.3) is 11.6 Å². The lowest BCUT2D eigenvalue weighted by atomic mass is 9.98. The lowest BCUT2D eigenvalue weighted by Crippen LogP contribution is -2.34. The predicted molar refractivity (Wildman–Crippen MR) is 90.9 cm³/mol. The number of carbonyl (C=O) groups is 1. The van der Waals surface area contributed by atoms with Crippen LogP contribution < -0.4 is 10.2 Å². The number of nitrogens with zero attached hydrogens (tertiary/aromatic N) is 2. The van der Waals surface area contributed by atoms with Gasteiger partial charge in [0.2, 0.25) is 0 Å². The van der Waals surface area contributed by atoms with Gasteiger partial charge in [0.1, 0.15) is 5.69 Å². The minimum absolute atomic E-state index is 0.0105. The van der Waals surface area contributed by atoms with Gasteiger partial charge in [-0.05, 0) is 44.2 Å². The molecular formula is C17H25N3O3. The van der Waals surface area contributed by atoms with Gasteiger partial charge in [-0.2, -0.15) is 0 Å². The summed E-state index contributed by atoms with van der Waals surface area (Å²) < 4.78 is 0. The normalized spacial score (nSPS) is 16.9. The van der Waals surface area contributed by atoms with Crippen molar-refractivity contribution in [3.8, 4) is 0 Å². The Hall–Kier alpha value is -2.11. The maximum Gasteiger partial charge on any atom is 0.293 e. The van der Waals surface area contributed by atoms with E-state index in [1.165, 1.54) is 6.07 Å². The molecule has 126 valence electrons. The second-order valence-electron chi connectivity index (χ2n) is 6.41. The highest BCUT2D eigenvalue weighted by molar-refractivity contribution is 5.96. The molecule has 1 heterocycles. The first-order valence-corrected chi connectivity index (χ1v) is 8.26. The van der Waals surface area contributed by atoms with E-state index in [4.69, 9.17) is 0 Å². The molecule has 1 aliphatic heterocycles. The Morgan fingerprint density at radius 2 is 2.09 bits per heavy atom. The molecule has 1 aromatic carbocycles. The average Bonchev–Trinajstić information content (AvgIpc) is 2.54. The lowest BCUT2D eigenvalue weighted by Gasteiger charge is -2.31. The van der Waals surface area contributed by atoms with E-state index in [0.717, 1.165) is 32.4 Å². The van der Waals surface area contributed by atoms with Crippen molar-refractivity contribution >= 4 is 17.3 Å². The summed E-state index contributed by atoms with van der Waals surface area (Å²) in [5.41, 5.74) is 0.962. The molecule has 0 spiro atoms. The summed E-state index contributed by atoms with van der Waals surface area (Å²) >= 11 is 0. The third-order valence-electron chi connectivity index (χ3n) is 4.55. The van der Waals surface area contributed by atoms with Crippen molar-refractivity contribution in [2.75, 3.05) is 18.0 Å². The highest BCUT2D eigenvalue weighted by Gasteiger charge is 2.24. The van der Waals surface area contributed by atoms with Crippen LogP contribution >= 0.6 is 0 Å². The van der Waals surface area contributed by atoms with Crippen LogP contribution in [0.5, 0.6) is 0 Å². The van der Waals surface area contributed by atoms with Gasteiger partial charge in [0.15, 0.2) is 0 Å². The largest absolute Gasteiger partial charge is 0.366 e. The van der Waals surface area contributed by atoms with Crippen LogP contribution in [0.25, 0.3) is 0 Å². The van der Waals surface area contributed by atoms with Crippen LogP contribution in [0.1, 0.15) is 50.4 Å². The van der Waals surface area contributed by atoms with Crippen LogP contribution in [0.2, 0.25) is 0 Å². The minimum Gasteiger partial charge on any atom is -0.366 e. The molecule has 1 aliphatic rings. The van der Waals surface area contributed by atoms with Gasteiger partial charge in [0, 0.05) is 30.8 Å². The van der Waals surface area contributed by atoms with Crippen LogP contribution in [-0.4, -0.2) is 30.0 Å². The van der Waals surface area contributed by atoms with Crippen LogP contribution in [-0.2, 0) is 0 Å². The van der Waals surface area contributed by atoms with E-state index < -0.39 is 4.92 Å². The number of piperidine rings is 1. The Balaban J connectivity index is 2.24. The fourth-order valence-electron chi connectivity index (χ4n) is 2.74. The van der Waals surface area contributed by atoms with Crippen molar-refractivity contribution in [1.82, 2.24) is 5.32 Å². The van der Waals surface area contributed by atoms with Gasteiger partial charge in [-0.15, -0.1) is 0 Å². The number of nitro groups is 1. The molecular weight excluding hydrogens is 294 g/mol. The zero-order chi connectivity index (χ0) is 17.0. The molecule has 1 saturated heterocycles. The number of hydrogen-bond donors (Lipinski definition) is 1. The molecule has 0 unspecified atom stereocenters. The minimum atomic E-state index is -0.395. The van der Waals surface area contributed by atoms with Crippen LogP contribution in [0, 0.1) is 16.0 Å². The quantitative estimate of drug-likeness (QED) is 0.667. The predicted octanol–water partition coefficient (Wildman–Crippen LogP) is 3.36. The van der Waals surface area contributed by atoms with Crippen LogP contribution in [0.4, 0.5) is 11.4 Å². The van der Waals surface area contributed by atoms with E-state index in [1.54, 1.807) is 12.1 Å². The van der Waals surface area contributed by atoms with Gasteiger partial charge in [-0.25, -0.2) is 0 Å². The Kier molecular flexibility index (Phi) is 5.58. The Morgan fingerprint density at radius 3 is 2.65 bits per heavy atom. The smallest absolute Gasteiger partial charge is 0.293 e. The summed E-state index contributed by atoms with van der Waals surface area (Å²) in [4.78, 5) is 25.3. The fourth-order valence-corrected chi connectivity index (χ4v) is 2.74. The number of anilines is 1. The monoisotopic (exact) mass is 319 g/mol. The number of nitrogens with one attached hydrogen (secondary N) is 1. The molecule has 0 aliphatic carbocycles. The third kappa shape index (κ3) is 4.21. The number of amides is 1. The molecule has 0 saturated carbocycles. The summed E-state index contributed by atoms with van der Waals surface area (Å²) in [6, 6.07) is 4.83. The summed E-state index contributed by atoms with van der Waals surface area (Å²) in [5, 5.41) is 14.3. The molecule has 0 bridgehead atoms. The summed E-state index contributed by atoms with van der Waals surface area (Å²) in [7, 11) is 0. The molecule has 6 nitrogen and oxygen atoms in total. The van der Waals surface area contributed by atoms with E-state index >= 15 is 0 Å². The first kappa shape index (κ1) is 17.2. The van der Waals surface area contributed by atoms with Crippen molar-refractivity contribution in [2.45, 2.75) is 46.1 Å². The van der Waals surface area contributed by atoms with Crippen molar-refractivity contribution in [2.24, 2.45) is 5.92 Å². The lowest BCUT2D eigenvalue weighted by molar-refractivity contribution is -0.384. The average molecular weight is 319 g/mol. The van der Waals surface area contributed by atoms with Crippen LogP contribution in [0.15, 0.2) is 18.2 Å². The topological polar surface area (TPSA) is 75.5 Å². The maximum absolute atomic E-state index is 12.2. The van der Waals surface area contributed by atoms with E-state index in [2.05, 4.69) is 17.1 Å². The van der Waals surface area contributed by atoms with Gasteiger partial charge in [-0.3, -0.25) is 14.9 Å². The van der Waals surface area contributed by atoms with Gasteiger partial charge >= 0.3 is 0 Å².